The van der Waals surface area contributed by atoms with Crippen LogP contribution in [0.1, 0.15) is 25.3 Å². The molecule has 1 heterocycles. The summed E-state index contributed by atoms with van der Waals surface area (Å²) < 4.78 is 31.0. The fourth-order valence-electron chi connectivity index (χ4n) is 2.01. The molecule has 1 atom stereocenters. The monoisotopic (exact) mass is 312 g/mol. The lowest BCUT2D eigenvalue weighted by Gasteiger charge is -2.08. The molecule has 1 amide bonds. The smallest absolute Gasteiger partial charge is 0.321 e. The summed E-state index contributed by atoms with van der Waals surface area (Å²) in [7, 11) is -3.83. The van der Waals surface area contributed by atoms with Crippen molar-refractivity contribution in [1.82, 2.24) is 4.72 Å². The second-order valence-electron chi connectivity index (χ2n) is 4.59. The first kappa shape index (κ1) is 15.5. The average Bonchev–Trinajstić information content (AvgIpc) is 2.72. The molecule has 0 radical (unpaired) electrons. The molecule has 0 bridgehead atoms. The van der Waals surface area contributed by atoms with Crippen molar-refractivity contribution in [1.29, 1.82) is 0 Å². The third-order valence-corrected chi connectivity index (χ3v) is 4.56. The number of benzene rings is 1. The molecule has 0 saturated carbocycles. The van der Waals surface area contributed by atoms with Gasteiger partial charge in [0.15, 0.2) is 0 Å². The number of amides is 1. The fourth-order valence-corrected chi connectivity index (χ4v) is 3.02. The number of rotatable bonds is 5. The molecule has 2 rings (SSSR count). The average molecular weight is 312 g/mol. The van der Waals surface area contributed by atoms with Gasteiger partial charge in [0.25, 0.3) is 0 Å². The summed E-state index contributed by atoms with van der Waals surface area (Å²) in [5.41, 5.74) is 1.23. The van der Waals surface area contributed by atoms with Gasteiger partial charge in [-0.05, 0) is 37.6 Å². The van der Waals surface area contributed by atoms with E-state index < -0.39 is 28.5 Å². The summed E-state index contributed by atoms with van der Waals surface area (Å²) in [6, 6.07) is 4.35. The van der Waals surface area contributed by atoms with Gasteiger partial charge >= 0.3 is 5.97 Å². The first-order chi connectivity index (χ1) is 9.85. The lowest BCUT2D eigenvalue weighted by Crippen LogP contribution is -2.30. The van der Waals surface area contributed by atoms with E-state index in [1.807, 2.05) is 0 Å². The van der Waals surface area contributed by atoms with Crippen molar-refractivity contribution >= 4 is 27.6 Å². The zero-order valence-electron chi connectivity index (χ0n) is 11.7. The van der Waals surface area contributed by atoms with Gasteiger partial charge in [-0.25, -0.2) is 8.42 Å². The van der Waals surface area contributed by atoms with E-state index in [2.05, 4.69) is 14.8 Å². The van der Waals surface area contributed by atoms with Gasteiger partial charge < -0.3 is 10.1 Å². The van der Waals surface area contributed by atoms with Crippen LogP contribution in [0.5, 0.6) is 0 Å². The van der Waals surface area contributed by atoms with Crippen molar-refractivity contribution in [3.8, 4) is 0 Å². The number of hydrogen-bond donors (Lipinski definition) is 2. The molecule has 1 aromatic carbocycles. The largest absolute Gasteiger partial charge is 0.465 e. The lowest BCUT2D eigenvalue weighted by atomic mass is 10.0. The molecule has 0 saturated heterocycles. The van der Waals surface area contributed by atoms with Gasteiger partial charge in [0, 0.05) is 5.69 Å². The van der Waals surface area contributed by atoms with E-state index in [0.29, 0.717) is 11.3 Å². The van der Waals surface area contributed by atoms with Crippen molar-refractivity contribution in [3.63, 3.8) is 0 Å². The van der Waals surface area contributed by atoms with Gasteiger partial charge in [-0.15, -0.1) is 0 Å². The third kappa shape index (κ3) is 3.22. The first-order valence-corrected chi connectivity index (χ1v) is 7.93. The van der Waals surface area contributed by atoms with Crippen molar-refractivity contribution in [2.75, 3.05) is 18.5 Å². The number of esters is 1. The molecular formula is C13H16N2O5S. The molecule has 1 unspecified atom stereocenters. The topological polar surface area (TPSA) is 102 Å². The Morgan fingerprint density at radius 2 is 2.14 bits per heavy atom. The minimum Gasteiger partial charge on any atom is -0.465 e. The maximum absolute atomic E-state index is 12.1. The molecular weight excluding hydrogens is 296 g/mol. The van der Waals surface area contributed by atoms with Crippen LogP contribution in [0.4, 0.5) is 5.69 Å². The van der Waals surface area contributed by atoms with E-state index in [1.54, 1.807) is 13.8 Å². The lowest BCUT2D eigenvalue weighted by molar-refractivity contribution is -0.141. The Bertz CT molecular complexity index is 684. The number of ether oxygens (including phenoxy) is 1. The van der Waals surface area contributed by atoms with Crippen molar-refractivity contribution in [2.24, 2.45) is 0 Å². The SMILES string of the molecule is CCOC(=O)CNS(=O)(=O)c1ccc2c(c1)C(C)C(=O)N2. The quantitative estimate of drug-likeness (QED) is 0.775. The van der Waals surface area contributed by atoms with Crippen molar-refractivity contribution < 1.29 is 22.7 Å². The maximum atomic E-state index is 12.1. The van der Waals surface area contributed by atoms with Gasteiger partial charge in [-0.3, -0.25) is 9.59 Å². The molecule has 7 nitrogen and oxygen atoms in total. The highest BCUT2D eigenvalue weighted by atomic mass is 32.2. The minimum absolute atomic E-state index is 0.00824. The van der Waals surface area contributed by atoms with E-state index >= 15 is 0 Å². The van der Waals surface area contributed by atoms with Gasteiger partial charge in [-0.1, -0.05) is 0 Å². The van der Waals surface area contributed by atoms with Gasteiger partial charge in [-0.2, -0.15) is 4.72 Å². The number of anilines is 1. The molecule has 1 aliphatic rings. The van der Waals surface area contributed by atoms with Crippen LogP contribution in [0.15, 0.2) is 23.1 Å². The molecule has 0 fully saturated rings. The zero-order chi connectivity index (χ0) is 15.6. The highest BCUT2D eigenvalue weighted by Gasteiger charge is 2.28. The predicted molar refractivity (Wildman–Crippen MR) is 75.3 cm³/mol. The Hall–Kier alpha value is -1.93. The van der Waals surface area contributed by atoms with Gasteiger partial charge in [0.05, 0.1) is 17.4 Å². The Morgan fingerprint density at radius 3 is 2.81 bits per heavy atom. The summed E-state index contributed by atoms with van der Waals surface area (Å²) in [6.07, 6.45) is 0. The van der Waals surface area contributed by atoms with Crippen LogP contribution in [0.2, 0.25) is 0 Å². The van der Waals surface area contributed by atoms with Crippen LogP contribution < -0.4 is 10.0 Å². The van der Waals surface area contributed by atoms with E-state index in [9.17, 15) is 18.0 Å². The van der Waals surface area contributed by atoms with E-state index in [1.165, 1.54) is 18.2 Å². The molecule has 114 valence electrons. The number of sulfonamides is 1. The highest BCUT2D eigenvalue weighted by Crippen LogP contribution is 2.33. The molecule has 1 aromatic rings. The van der Waals surface area contributed by atoms with Gasteiger partial charge in [0.2, 0.25) is 15.9 Å². The molecule has 0 aliphatic carbocycles. The van der Waals surface area contributed by atoms with Crippen LogP contribution in [-0.2, 0) is 24.3 Å². The molecule has 1 aliphatic heterocycles. The van der Waals surface area contributed by atoms with E-state index in [0.717, 1.165) is 0 Å². The van der Waals surface area contributed by atoms with Crippen molar-refractivity contribution in [3.05, 3.63) is 23.8 Å². The summed E-state index contributed by atoms with van der Waals surface area (Å²) in [5, 5.41) is 2.66. The molecule has 21 heavy (non-hydrogen) atoms. The fraction of sp³-hybridized carbons (Fsp3) is 0.385. The van der Waals surface area contributed by atoms with E-state index in [-0.39, 0.29) is 17.4 Å². The number of nitrogens with one attached hydrogen (secondary N) is 2. The zero-order valence-corrected chi connectivity index (χ0v) is 12.5. The Labute approximate surface area is 122 Å². The first-order valence-electron chi connectivity index (χ1n) is 6.45. The number of fused-ring (bicyclic) bond motifs is 1. The Balaban J connectivity index is 2.19. The van der Waals surface area contributed by atoms with Gasteiger partial charge in [0.1, 0.15) is 6.54 Å². The van der Waals surface area contributed by atoms with Crippen LogP contribution in [0.3, 0.4) is 0 Å². The van der Waals surface area contributed by atoms with E-state index in [4.69, 9.17) is 0 Å². The summed E-state index contributed by atoms with van der Waals surface area (Å²) >= 11 is 0. The molecule has 0 spiro atoms. The maximum Gasteiger partial charge on any atom is 0.321 e. The summed E-state index contributed by atoms with van der Waals surface area (Å²) in [5.74, 6) is -1.22. The number of carbonyl (C=O) groups is 2. The highest BCUT2D eigenvalue weighted by molar-refractivity contribution is 7.89. The Kier molecular flexibility index (Phi) is 4.29. The minimum atomic E-state index is -3.83. The second kappa shape index (κ2) is 5.82. The van der Waals surface area contributed by atoms with Crippen LogP contribution in [0.25, 0.3) is 0 Å². The van der Waals surface area contributed by atoms with Crippen LogP contribution in [0, 0.1) is 0 Å². The summed E-state index contributed by atoms with van der Waals surface area (Å²) in [4.78, 5) is 22.7. The molecule has 8 heteroatoms. The molecule has 0 aromatic heterocycles. The standard InChI is InChI=1S/C13H16N2O5S/c1-3-20-12(16)7-14-21(18,19)9-4-5-11-10(6-9)8(2)13(17)15-11/h4-6,8,14H,3,7H2,1-2H3,(H,15,17). The van der Waals surface area contributed by atoms with Crippen molar-refractivity contribution in [2.45, 2.75) is 24.7 Å². The summed E-state index contributed by atoms with van der Waals surface area (Å²) in [6.45, 7) is 3.09. The normalized spacial score (nSPS) is 17.2. The predicted octanol–water partition coefficient (Wildman–Crippen LogP) is 0.584. The molecule has 2 N–H and O–H groups in total. The number of carbonyl (C=O) groups excluding carboxylic acids is 2. The third-order valence-electron chi connectivity index (χ3n) is 3.16. The second-order valence-corrected chi connectivity index (χ2v) is 6.36. The van der Waals surface area contributed by atoms with Crippen LogP contribution >= 0.6 is 0 Å². The Morgan fingerprint density at radius 1 is 1.43 bits per heavy atom. The van der Waals surface area contributed by atoms with Crippen LogP contribution in [-0.4, -0.2) is 33.4 Å². The number of hydrogen-bond acceptors (Lipinski definition) is 5.